The summed E-state index contributed by atoms with van der Waals surface area (Å²) in [6.07, 6.45) is 1.23. The van der Waals surface area contributed by atoms with Crippen molar-refractivity contribution in [3.05, 3.63) is 59.8 Å². The predicted molar refractivity (Wildman–Crippen MR) is 106 cm³/mol. The molecule has 1 heterocycles. The fourth-order valence-corrected chi connectivity index (χ4v) is 2.40. The summed E-state index contributed by atoms with van der Waals surface area (Å²) in [5.41, 5.74) is 2.15. The van der Waals surface area contributed by atoms with Crippen molar-refractivity contribution in [1.82, 2.24) is 15.6 Å². The van der Waals surface area contributed by atoms with E-state index in [1.807, 2.05) is 44.2 Å². The minimum atomic E-state index is -0.0908. The van der Waals surface area contributed by atoms with Crippen LogP contribution in [0.1, 0.15) is 24.6 Å². The van der Waals surface area contributed by atoms with Crippen molar-refractivity contribution in [2.45, 2.75) is 26.7 Å². The van der Waals surface area contributed by atoms with Gasteiger partial charge in [-0.25, -0.2) is 4.98 Å². The average molecular weight is 353 g/mol. The van der Waals surface area contributed by atoms with Crippen LogP contribution in [0.15, 0.2) is 53.5 Å². The van der Waals surface area contributed by atoms with E-state index in [1.54, 1.807) is 6.07 Å². The molecule has 0 fully saturated rings. The number of guanidine groups is 1. The van der Waals surface area contributed by atoms with Gasteiger partial charge in [0.15, 0.2) is 5.96 Å². The Kier molecular flexibility index (Phi) is 8.12. The molecule has 3 N–H and O–H groups in total. The molecule has 6 nitrogen and oxygen atoms in total. The van der Waals surface area contributed by atoms with E-state index < -0.39 is 0 Å². The van der Waals surface area contributed by atoms with E-state index >= 15 is 0 Å². The van der Waals surface area contributed by atoms with Crippen molar-refractivity contribution in [3.63, 3.8) is 0 Å². The maximum absolute atomic E-state index is 12.0. The number of carbonyl (C=O) groups excluding carboxylic acids is 1. The number of hydrogen-bond acceptors (Lipinski definition) is 3. The van der Waals surface area contributed by atoms with E-state index in [9.17, 15) is 4.79 Å². The second-order valence-electron chi connectivity index (χ2n) is 5.89. The number of carbonyl (C=O) groups is 1. The summed E-state index contributed by atoms with van der Waals surface area (Å²) in [6, 6.07) is 15.8. The van der Waals surface area contributed by atoms with E-state index in [1.165, 1.54) is 5.56 Å². The van der Waals surface area contributed by atoms with Gasteiger partial charge in [0.2, 0.25) is 5.91 Å². The molecule has 0 aliphatic heterocycles. The fraction of sp³-hybridized carbons (Fsp3) is 0.350. The van der Waals surface area contributed by atoms with Crippen LogP contribution in [0.2, 0.25) is 0 Å². The van der Waals surface area contributed by atoms with Crippen LogP contribution in [0.5, 0.6) is 0 Å². The summed E-state index contributed by atoms with van der Waals surface area (Å²) in [7, 11) is 0. The van der Waals surface area contributed by atoms with Crippen molar-refractivity contribution in [2.75, 3.05) is 25.0 Å². The van der Waals surface area contributed by atoms with Gasteiger partial charge in [0, 0.05) is 25.2 Å². The quantitative estimate of drug-likeness (QED) is 0.503. The molecule has 0 aliphatic rings. The maximum atomic E-state index is 12.0. The third kappa shape index (κ3) is 7.34. The highest BCUT2D eigenvalue weighted by Gasteiger charge is 2.04. The first kappa shape index (κ1) is 19.4. The molecule has 0 bridgehead atoms. The zero-order valence-corrected chi connectivity index (χ0v) is 15.5. The van der Waals surface area contributed by atoms with Crippen LogP contribution in [0.4, 0.5) is 5.82 Å². The van der Waals surface area contributed by atoms with Crippen LogP contribution in [0, 0.1) is 6.92 Å². The normalized spacial score (nSPS) is 11.1. The highest BCUT2D eigenvalue weighted by Crippen LogP contribution is 2.04. The van der Waals surface area contributed by atoms with Gasteiger partial charge in [0.05, 0.1) is 6.54 Å². The summed E-state index contributed by atoms with van der Waals surface area (Å²) < 4.78 is 0. The van der Waals surface area contributed by atoms with E-state index in [0.29, 0.717) is 18.8 Å². The van der Waals surface area contributed by atoms with Gasteiger partial charge in [-0.05, 0) is 38.0 Å². The minimum Gasteiger partial charge on any atom is -0.357 e. The standard InChI is InChI=1S/C20H27N5O/c1-3-21-20(22-14-12-17-9-5-4-6-10-17)23-15-13-19(26)25-18-11-7-8-16(2)24-18/h4-11H,3,12-15H2,1-2H3,(H2,21,22,23)(H,24,25,26). The molecule has 1 aromatic heterocycles. The zero-order chi connectivity index (χ0) is 18.6. The molecular formula is C20H27N5O. The molecule has 138 valence electrons. The molecule has 1 amide bonds. The summed E-state index contributed by atoms with van der Waals surface area (Å²) in [6.45, 7) is 5.89. The first-order valence-corrected chi connectivity index (χ1v) is 8.97. The number of rotatable bonds is 8. The predicted octanol–water partition coefficient (Wildman–Crippen LogP) is 2.52. The number of nitrogens with zero attached hydrogens (tertiary/aromatic N) is 2. The van der Waals surface area contributed by atoms with Crippen LogP contribution in [0.25, 0.3) is 0 Å². The second kappa shape index (κ2) is 10.9. The number of aliphatic imine (C=N–C) groups is 1. The Labute approximate surface area is 155 Å². The van der Waals surface area contributed by atoms with Crippen molar-refractivity contribution in [3.8, 4) is 0 Å². The van der Waals surface area contributed by atoms with E-state index in [-0.39, 0.29) is 5.91 Å². The lowest BCUT2D eigenvalue weighted by Gasteiger charge is -2.11. The lowest BCUT2D eigenvalue weighted by atomic mass is 10.1. The zero-order valence-electron chi connectivity index (χ0n) is 15.5. The topological polar surface area (TPSA) is 78.4 Å². The summed E-state index contributed by atoms with van der Waals surface area (Å²) in [5, 5.41) is 9.28. The third-order valence-corrected chi connectivity index (χ3v) is 3.66. The van der Waals surface area contributed by atoms with Crippen LogP contribution < -0.4 is 16.0 Å². The number of pyridine rings is 1. The lowest BCUT2D eigenvalue weighted by molar-refractivity contribution is -0.116. The molecule has 0 saturated heterocycles. The van der Waals surface area contributed by atoms with Gasteiger partial charge in [0.1, 0.15) is 5.82 Å². The van der Waals surface area contributed by atoms with Crippen molar-refractivity contribution in [1.29, 1.82) is 0 Å². The third-order valence-electron chi connectivity index (χ3n) is 3.66. The largest absolute Gasteiger partial charge is 0.357 e. The van der Waals surface area contributed by atoms with Gasteiger partial charge in [-0.3, -0.25) is 9.79 Å². The van der Waals surface area contributed by atoms with Crippen LogP contribution in [-0.4, -0.2) is 36.5 Å². The lowest BCUT2D eigenvalue weighted by Crippen LogP contribution is -2.38. The van der Waals surface area contributed by atoms with Crippen molar-refractivity contribution in [2.24, 2.45) is 4.99 Å². The van der Waals surface area contributed by atoms with Crippen LogP contribution >= 0.6 is 0 Å². The number of aryl methyl sites for hydroxylation is 1. The summed E-state index contributed by atoms with van der Waals surface area (Å²) in [5.74, 6) is 1.21. The monoisotopic (exact) mass is 353 g/mol. The number of aromatic nitrogens is 1. The molecule has 1 aromatic carbocycles. The van der Waals surface area contributed by atoms with Gasteiger partial charge < -0.3 is 16.0 Å². The molecule has 26 heavy (non-hydrogen) atoms. The highest BCUT2D eigenvalue weighted by atomic mass is 16.1. The minimum absolute atomic E-state index is 0.0908. The first-order chi connectivity index (χ1) is 12.7. The number of hydrogen-bond donors (Lipinski definition) is 3. The first-order valence-electron chi connectivity index (χ1n) is 8.97. The Hall–Kier alpha value is -2.89. The molecule has 2 aromatic rings. The van der Waals surface area contributed by atoms with E-state index in [0.717, 1.165) is 31.2 Å². The Morgan fingerprint density at radius 1 is 1.08 bits per heavy atom. The highest BCUT2D eigenvalue weighted by molar-refractivity contribution is 5.90. The molecule has 6 heteroatoms. The molecule has 0 unspecified atom stereocenters. The van der Waals surface area contributed by atoms with Gasteiger partial charge in [-0.15, -0.1) is 0 Å². The van der Waals surface area contributed by atoms with E-state index in [4.69, 9.17) is 0 Å². The van der Waals surface area contributed by atoms with E-state index in [2.05, 4.69) is 38.1 Å². The number of benzene rings is 1. The number of amides is 1. The summed E-state index contributed by atoms with van der Waals surface area (Å²) >= 11 is 0. The van der Waals surface area contributed by atoms with Crippen molar-refractivity contribution >= 4 is 17.7 Å². The van der Waals surface area contributed by atoms with Crippen LogP contribution in [-0.2, 0) is 11.2 Å². The Morgan fingerprint density at radius 3 is 2.62 bits per heavy atom. The average Bonchev–Trinajstić information content (AvgIpc) is 2.62. The molecule has 2 rings (SSSR count). The van der Waals surface area contributed by atoms with Gasteiger partial charge >= 0.3 is 0 Å². The van der Waals surface area contributed by atoms with Gasteiger partial charge in [-0.2, -0.15) is 0 Å². The molecule has 0 saturated carbocycles. The molecule has 0 radical (unpaired) electrons. The molecule has 0 spiro atoms. The smallest absolute Gasteiger partial charge is 0.227 e. The Morgan fingerprint density at radius 2 is 1.88 bits per heavy atom. The Balaban J connectivity index is 1.75. The fourth-order valence-electron chi connectivity index (χ4n) is 2.40. The molecule has 0 aliphatic carbocycles. The molecule has 0 atom stereocenters. The van der Waals surface area contributed by atoms with Crippen LogP contribution in [0.3, 0.4) is 0 Å². The second-order valence-corrected chi connectivity index (χ2v) is 5.89. The SMILES string of the molecule is CCNC(=NCCC(=O)Nc1cccc(C)n1)NCCc1ccccc1. The van der Waals surface area contributed by atoms with Crippen molar-refractivity contribution < 1.29 is 4.79 Å². The maximum Gasteiger partial charge on any atom is 0.227 e. The number of nitrogens with one attached hydrogen (secondary N) is 3. The Bertz CT molecular complexity index is 715. The summed E-state index contributed by atoms with van der Waals surface area (Å²) in [4.78, 5) is 20.7. The van der Waals surface area contributed by atoms with Gasteiger partial charge in [0.25, 0.3) is 0 Å². The number of anilines is 1. The van der Waals surface area contributed by atoms with Gasteiger partial charge in [-0.1, -0.05) is 36.4 Å². The molecular weight excluding hydrogens is 326 g/mol.